The number of phosphoric acid groups is 3. The van der Waals surface area contributed by atoms with Crippen LogP contribution in [0.2, 0.25) is 0 Å². The molecular weight excluding hydrogens is 1080 g/mol. The van der Waals surface area contributed by atoms with Crippen LogP contribution in [0.3, 0.4) is 0 Å². The van der Waals surface area contributed by atoms with E-state index in [1.54, 1.807) is 37.3 Å². The van der Waals surface area contributed by atoms with Gasteiger partial charge in [-0.25, -0.2) is 28.1 Å². The van der Waals surface area contributed by atoms with E-state index in [4.69, 9.17) is 49.5 Å². The molecule has 5 unspecified atom stereocenters. The van der Waals surface area contributed by atoms with Crippen LogP contribution < -0.4 is 33.3 Å². The van der Waals surface area contributed by atoms with Crippen molar-refractivity contribution in [2.75, 3.05) is 64.3 Å². The van der Waals surface area contributed by atoms with Crippen LogP contribution in [0, 0.1) is 11.8 Å². The Labute approximate surface area is 431 Å². The van der Waals surface area contributed by atoms with E-state index in [1.807, 2.05) is 13.2 Å². The number of anilines is 1. The number of ether oxygens (including phenoxy) is 5. The van der Waals surface area contributed by atoms with E-state index in [-0.39, 0.29) is 61.5 Å². The number of phosphoric ester groups is 1. The summed E-state index contributed by atoms with van der Waals surface area (Å²) in [5.74, 6) is 2.82. The maximum atomic E-state index is 13.4. The number of aromatic nitrogens is 2. The molecule has 0 bridgehead atoms. The van der Waals surface area contributed by atoms with Crippen LogP contribution in [0.25, 0.3) is 0 Å². The zero-order chi connectivity index (χ0) is 54.6. The van der Waals surface area contributed by atoms with Gasteiger partial charge in [-0.15, -0.1) is 0 Å². The van der Waals surface area contributed by atoms with Gasteiger partial charge >= 0.3 is 41.1 Å². The van der Waals surface area contributed by atoms with Gasteiger partial charge in [-0.1, -0.05) is 51.6 Å². The van der Waals surface area contributed by atoms with E-state index >= 15 is 0 Å². The van der Waals surface area contributed by atoms with Crippen molar-refractivity contribution in [3.05, 3.63) is 97.3 Å². The zero-order valence-electron chi connectivity index (χ0n) is 40.0. The van der Waals surface area contributed by atoms with Gasteiger partial charge in [0.2, 0.25) is 11.8 Å². The maximum absolute atomic E-state index is 13.4. The van der Waals surface area contributed by atoms with Crippen molar-refractivity contribution in [3.8, 4) is 11.8 Å². The third-order valence-electron chi connectivity index (χ3n) is 9.94. The maximum Gasteiger partial charge on any atom is 0.490 e. The molecule has 4 rings (SSSR count). The molecule has 1 aliphatic heterocycles. The normalized spacial score (nSPS) is 17.9. The van der Waals surface area contributed by atoms with Crippen molar-refractivity contribution < 1.29 is 89.3 Å². The molecule has 2 heterocycles. The lowest BCUT2D eigenvalue weighted by Gasteiger charge is -2.21. The van der Waals surface area contributed by atoms with E-state index in [2.05, 4.69) is 36.1 Å². The van der Waals surface area contributed by atoms with Crippen molar-refractivity contribution >= 4 is 74.5 Å². The second-order valence-corrected chi connectivity index (χ2v) is 22.9. The molecule has 0 saturated carbocycles. The molecule has 2 amide bonds. The Bertz CT molecular complexity index is 2770. The predicted octanol–water partition coefficient (Wildman–Crippen LogP) is 2.91. The number of amides is 2. The Kier molecular flexibility index (Phi) is 24.9. The minimum atomic E-state index is -5.90. The molecule has 3 aromatic rings. The summed E-state index contributed by atoms with van der Waals surface area (Å²) in [6, 6.07) is 10.3. The number of carbonyl (C=O) groups excluding carboxylic acids is 4. The molecule has 1 fully saturated rings. The summed E-state index contributed by atoms with van der Waals surface area (Å²) in [5, 5.41) is 5.18. The SMILES string of the molecule is CSSC(C)c1cc(NC(=O)COCCOCCN)ccc1C(=O)OCCCCC(=O)NCC#Cc1cn([C@H]2C[C@@H](OC(=O)c3ccccc3C(C)N)C(COP(=O)(O)OP(=O)(O)OP(=O)(O)O)O2)c(=O)[nH]c1=O. The Morgan fingerprint density at radius 1 is 0.919 bits per heavy atom. The van der Waals surface area contributed by atoms with Crippen molar-refractivity contribution in [1.82, 2.24) is 14.9 Å². The molecule has 1 saturated heterocycles. The Balaban J connectivity index is 1.34. The minimum absolute atomic E-state index is 0.00267. The highest BCUT2D eigenvalue weighted by Crippen LogP contribution is 2.66. The lowest BCUT2D eigenvalue weighted by atomic mass is 10.0. The van der Waals surface area contributed by atoms with Crippen LogP contribution in [0.4, 0.5) is 5.69 Å². The molecule has 27 nitrogen and oxygen atoms in total. The third-order valence-corrected chi connectivity index (χ3v) is 15.9. The van der Waals surface area contributed by atoms with Crippen LogP contribution in [0.15, 0.2) is 58.3 Å². The summed E-state index contributed by atoms with van der Waals surface area (Å²) in [7, 11) is -14.3. The van der Waals surface area contributed by atoms with Crippen molar-refractivity contribution in [2.45, 2.75) is 69.3 Å². The van der Waals surface area contributed by atoms with Gasteiger partial charge in [-0.05, 0) is 68.3 Å². The summed E-state index contributed by atoms with van der Waals surface area (Å²) >= 11 is 0. The standard InChI is InChI=1S/C42H57N6O21P3S2/c1-26(44)30-10-4-5-11-31(30)41(53)67-34-22-38(66-35(34)24-65-71(58,59)69-72(60,61)68-70(55,56)57)48-23-28(39(51)47-42(48)54)9-8-16-45-36(49)12-6-7-17-64-40(52)32-14-13-29(21-33(32)27(2)74-73-3)46-37(50)25-63-20-19-62-18-15-43/h4-5,10-11,13-14,21,23,26-27,34-35,38H,6-7,12,15-20,22,24-25,43-44H2,1-3H3,(H,45,49)(H,46,50)(H,58,59)(H,60,61)(H,47,51,54)(H2,55,56,57)/t26?,27?,34-,35?,38-/m1/s1. The molecule has 2 aromatic carbocycles. The van der Waals surface area contributed by atoms with Gasteiger partial charge in [0.05, 0.1) is 50.7 Å². The van der Waals surface area contributed by atoms with Crippen LogP contribution in [0.5, 0.6) is 0 Å². The van der Waals surface area contributed by atoms with Gasteiger partial charge in [0, 0.05) is 42.6 Å². The summed E-state index contributed by atoms with van der Waals surface area (Å²) in [6.45, 7) is 3.30. The van der Waals surface area contributed by atoms with Crippen molar-refractivity contribution in [1.29, 1.82) is 0 Å². The zero-order valence-corrected chi connectivity index (χ0v) is 44.3. The van der Waals surface area contributed by atoms with Crippen LogP contribution in [-0.4, -0.2) is 124 Å². The smallest absolute Gasteiger partial charge is 0.462 e. The molecule has 1 aromatic heterocycles. The topological polar surface area (TPSA) is 405 Å². The quantitative estimate of drug-likeness (QED) is 0.0159. The Morgan fingerprint density at radius 3 is 2.34 bits per heavy atom. The van der Waals surface area contributed by atoms with Crippen molar-refractivity contribution in [3.63, 3.8) is 0 Å². The van der Waals surface area contributed by atoms with Gasteiger partial charge in [0.25, 0.3) is 5.56 Å². The number of hydrogen-bond acceptors (Lipinski definition) is 21. The van der Waals surface area contributed by atoms with Gasteiger partial charge in [0.15, 0.2) is 0 Å². The number of nitrogens with two attached hydrogens (primary N) is 2. The Morgan fingerprint density at radius 2 is 1.64 bits per heavy atom. The van der Waals surface area contributed by atoms with Crippen LogP contribution >= 0.6 is 45.1 Å². The van der Waals surface area contributed by atoms with E-state index in [1.165, 1.54) is 33.7 Å². The number of hydrogen-bond donors (Lipinski definition) is 9. The first kappa shape index (κ1) is 62.0. The molecule has 7 atom stereocenters. The van der Waals surface area contributed by atoms with E-state index in [0.717, 1.165) is 10.8 Å². The molecular formula is C42H57N6O21P3S2. The number of aromatic amines is 1. The highest BCUT2D eigenvalue weighted by atomic mass is 33.1. The molecule has 0 aliphatic carbocycles. The summed E-state index contributed by atoms with van der Waals surface area (Å²) in [6.07, 6.45) is -1.14. The molecule has 0 radical (unpaired) electrons. The van der Waals surface area contributed by atoms with Gasteiger partial charge < -0.3 is 65.4 Å². The summed E-state index contributed by atoms with van der Waals surface area (Å²) < 4.78 is 76.2. The number of nitrogens with zero attached hydrogens (tertiary/aromatic N) is 1. The molecule has 32 heteroatoms. The highest BCUT2D eigenvalue weighted by molar-refractivity contribution is 8.76. The first-order valence-electron chi connectivity index (χ1n) is 22.2. The third kappa shape index (κ3) is 20.9. The number of unbranched alkanes of at least 4 members (excludes halogenated alkanes) is 1. The lowest BCUT2D eigenvalue weighted by molar-refractivity contribution is -0.121. The average Bonchev–Trinajstić information content (AvgIpc) is 3.71. The van der Waals surface area contributed by atoms with Gasteiger partial charge in [0.1, 0.15) is 30.6 Å². The highest BCUT2D eigenvalue weighted by Gasteiger charge is 2.44. The number of H-pyrrole nitrogens is 1. The second kappa shape index (κ2) is 29.7. The van der Waals surface area contributed by atoms with Crippen molar-refractivity contribution in [2.24, 2.45) is 11.5 Å². The monoisotopic (exact) mass is 1140 g/mol. The predicted molar refractivity (Wildman–Crippen MR) is 267 cm³/mol. The number of nitrogens with one attached hydrogen (secondary N) is 3. The fraction of sp³-hybridized carbons (Fsp3) is 0.476. The second-order valence-electron chi connectivity index (χ2n) is 15.7. The fourth-order valence-corrected chi connectivity index (χ4v) is 11.5. The lowest BCUT2D eigenvalue weighted by Crippen LogP contribution is -2.34. The molecule has 74 heavy (non-hydrogen) atoms. The largest absolute Gasteiger partial charge is 0.490 e. The van der Waals surface area contributed by atoms with Gasteiger partial charge in [-0.3, -0.25) is 28.5 Å². The average molecular weight is 1140 g/mol. The summed E-state index contributed by atoms with van der Waals surface area (Å²) in [5.41, 5.74) is 11.0. The van der Waals surface area contributed by atoms with E-state index in [9.17, 15) is 52.2 Å². The number of esters is 2. The first-order chi connectivity index (χ1) is 34.9. The molecule has 1 aliphatic rings. The fourth-order valence-electron chi connectivity index (χ4n) is 6.71. The van der Waals surface area contributed by atoms with Crippen LogP contribution in [0.1, 0.15) is 94.5 Å². The number of carbonyl (C=O) groups is 4. The summed E-state index contributed by atoms with van der Waals surface area (Å²) in [4.78, 5) is 117. The van der Waals surface area contributed by atoms with Crippen LogP contribution in [-0.2, 0) is 60.1 Å². The van der Waals surface area contributed by atoms with E-state index in [0.29, 0.717) is 55.0 Å². The molecule has 408 valence electrons. The molecule has 11 N–H and O–H groups in total. The number of benzene rings is 2. The number of rotatable bonds is 29. The minimum Gasteiger partial charge on any atom is -0.462 e. The van der Waals surface area contributed by atoms with Gasteiger partial charge in [-0.2, -0.15) is 8.62 Å². The first-order valence-corrected chi connectivity index (χ1v) is 29.3. The molecule has 0 spiro atoms. The Hall–Kier alpha value is -4.53. The van der Waals surface area contributed by atoms with E-state index < -0.39 is 83.6 Å².